The molecule has 0 bridgehead atoms. The van der Waals surface area contributed by atoms with Gasteiger partial charge in [-0.25, -0.2) is 4.79 Å². The van der Waals surface area contributed by atoms with Gasteiger partial charge in [0, 0.05) is 30.9 Å². The molecule has 0 spiro atoms. The van der Waals surface area contributed by atoms with Crippen molar-refractivity contribution in [1.29, 1.82) is 0 Å². The van der Waals surface area contributed by atoms with Crippen LogP contribution in [0.2, 0.25) is 0 Å². The Kier molecular flexibility index (Phi) is 5.33. The molecule has 146 valence electrons. The number of amides is 3. The number of carbonyl (C=O) groups excluding carboxylic acids is 2. The Bertz CT molecular complexity index is 874. The van der Waals surface area contributed by atoms with Crippen LogP contribution in [0.3, 0.4) is 0 Å². The van der Waals surface area contributed by atoms with Crippen LogP contribution in [-0.2, 0) is 0 Å². The molecule has 5 nitrogen and oxygen atoms in total. The number of urea groups is 1. The summed E-state index contributed by atoms with van der Waals surface area (Å²) < 4.78 is 0. The molecule has 5 heteroatoms. The number of hydrogen-bond acceptors (Lipinski definition) is 2. The average Bonchev–Trinajstić information content (AvgIpc) is 3.40. The van der Waals surface area contributed by atoms with Crippen molar-refractivity contribution in [3.8, 4) is 0 Å². The van der Waals surface area contributed by atoms with E-state index in [-0.39, 0.29) is 18.0 Å². The minimum absolute atomic E-state index is 0.0487. The highest BCUT2D eigenvalue weighted by atomic mass is 16.2. The third kappa shape index (κ3) is 3.75. The molecule has 2 aromatic rings. The second kappa shape index (κ2) is 8.05. The van der Waals surface area contributed by atoms with Crippen LogP contribution in [0.15, 0.2) is 48.5 Å². The third-order valence-corrected chi connectivity index (χ3v) is 5.82. The van der Waals surface area contributed by atoms with E-state index in [0.29, 0.717) is 11.3 Å². The monoisotopic (exact) mass is 377 g/mol. The normalized spacial score (nSPS) is 19.1. The Labute approximate surface area is 166 Å². The molecular formula is C23H27N3O2. The molecule has 1 atom stereocenters. The number of aryl methyl sites for hydroxylation is 1. The summed E-state index contributed by atoms with van der Waals surface area (Å²) in [7, 11) is 0. The van der Waals surface area contributed by atoms with Crippen molar-refractivity contribution in [2.24, 2.45) is 0 Å². The molecule has 0 aromatic heterocycles. The second-order valence-electron chi connectivity index (χ2n) is 7.72. The van der Waals surface area contributed by atoms with E-state index in [0.717, 1.165) is 45.3 Å². The molecule has 2 fully saturated rings. The third-order valence-electron chi connectivity index (χ3n) is 5.82. The number of carbonyl (C=O) groups is 2. The van der Waals surface area contributed by atoms with Gasteiger partial charge in [-0.15, -0.1) is 0 Å². The van der Waals surface area contributed by atoms with Gasteiger partial charge in [0.2, 0.25) is 0 Å². The Hall–Kier alpha value is -2.82. The lowest BCUT2D eigenvalue weighted by molar-refractivity contribution is 0.0793. The maximum atomic E-state index is 13.0. The van der Waals surface area contributed by atoms with Crippen LogP contribution in [0, 0.1) is 6.92 Å². The minimum atomic E-state index is -0.100. The Balaban J connectivity index is 1.48. The number of nitrogens with zero attached hydrogens (tertiary/aromatic N) is 2. The summed E-state index contributed by atoms with van der Waals surface area (Å²) in [6, 6.07) is 15.6. The lowest BCUT2D eigenvalue weighted by Crippen LogP contribution is -2.34. The van der Waals surface area contributed by atoms with Crippen molar-refractivity contribution in [2.45, 2.75) is 38.6 Å². The van der Waals surface area contributed by atoms with E-state index < -0.39 is 0 Å². The first kappa shape index (κ1) is 18.5. The van der Waals surface area contributed by atoms with Crippen LogP contribution in [-0.4, -0.2) is 41.4 Å². The Morgan fingerprint density at radius 1 is 0.964 bits per heavy atom. The molecule has 1 N–H and O–H groups in total. The summed E-state index contributed by atoms with van der Waals surface area (Å²) in [5.41, 5.74) is 3.74. The number of nitrogens with one attached hydrogen (secondary N) is 1. The zero-order valence-electron chi connectivity index (χ0n) is 16.4. The summed E-state index contributed by atoms with van der Waals surface area (Å²) in [4.78, 5) is 29.4. The van der Waals surface area contributed by atoms with E-state index in [4.69, 9.17) is 0 Å². The molecule has 2 aliphatic heterocycles. The number of rotatable bonds is 3. The molecule has 1 unspecified atom stereocenters. The number of anilines is 1. The lowest BCUT2D eigenvalue weighted by Gasteiger charge is -2.26. The molecule has 2 aliphatic rings. The highest BCUT2D eigenvalue weighted by molar-refractivity contribution is 5.97. The highest BCUT2D eigenvalue weighted by Crippen LogP contribution is 2.34. The molecule has 28 heavy (non-hydrogen) atoms. The van der Waals surface area contributed by atoms with Gasteiger partial charge in [0.25, 0.3) is 5.91 Å². The quantitative estimate of drug-likeness (QED) is 0.850. The van der Waals surface area contributed by atoms with Crippen LogP contribution in [0.5, 0.6) is 0 Å². The van der Waals surface area contributed by atoms with Gasteiger partial charge < -0.3 is 15.1 Å². The summed E-state index contributed by atoms with van der Waals surface area (Å²) in [5, 5.41) is 3.01. The molecule has 3 amide bonds. The molecule has 4 rings (SSSR count). The van der Waals surface area contributed by atoms with Gasteiger partial charge in [-0.1, -0.05) is 30.3 Å². The molecular weight excluding hydrogens is 350 g/mol. The minimum Gasteiger partial charge on any atom is -0.339 e. The van der Waals surface area contributed by atoms with Crippen molar-refractivity contribution in [2.75, 3.05) is 25.0 Å². The van der Waals surface area contributed by atoms with Crippen molar-refractivity contribution in [3.05, 3.63) is 65.2 Å². The Morgan fingerprint density at radius 3 is 2.54 bits per heavy atom. The van der Waals surface area contributed by atoms with Gasteiger partial charge in [0.15, 0.2) is 0 Å². The highest BCUT2D eigenvalue weighted by Gasteiger charge is 2.31. The van der Waals surface area contributed by atoms with E-state index in [2.05, 4.69) is 24.4 Å². The van der Waals surface area contributed by atoms with Crippen molar-refractivity contribution in [1.82, 2.24) is 9.80 Å². The molecule has 2 saturated heterocycles. The van der Waals surface area contributed by atoms with Crippen LogP contribution < -0.4 is 5.32 Å². The fourth-order valence-electron chi connectivity index (χ4n) is 4.32. The van der Waals surface area contributed by atoms with Gasteiger partial charge in [-0.3, -0.25) is 4.79 Å². The van der Waals surface area contributed by atoms with Crippen LogP contribution in [0.4, 0.5) is 10.5 Å². The standard InChI is InChI=1S/C23H27N3O2/c1-17-8-2-3-11-20(17)21-12-7-15-26(21)23(28)24-19-10-6-9-18(16-19)22(27)25-13-4-5-14-25/h2-3,6,8-11,16,21H,4-5,7,12-15H2,1H3,(H,24,28). The first-order chi connectivity index (χ1) is 13.6. The predicted molar refractivity (Wildman–Crippen MR) is 110 cm³/mol. The molecule has 0 aliphatic carbocycles. The van der Waals surface area contributed by atoms with Gasteiger partial charge in [0.1, 0.15) is 0 Å². The Morgan fingerprint density at radius 2 is 1.75 bits per heavy atom. The van der Waals surface area contributed by atoms with Crippen LogP contribution in [0.25, 0.3) is 0 Å². The SMILES string of the molecule is Cc1ccccc1C1CCCN1C(=O)Nc1cccc(C(=O)N2CCCC2)c1. The summed E-state index contributed by atoms with van der Waals surface area (Å²) in [6.07, 6.45) is 4.11. The van der Waals surface area contributed by atoms with E-state index in [9.17, 15) is 9.59 Å². The molecule has 2 aromatic carbocycles. The second-order valence-corrected chi connectivity index (χ2v) is 7.72. The molecule has 2 heterocycles. The summed E-state index contributed by atoms with van der Waals surface area (Å²) in [5.74, 6) is 0.0487. The van der Waals surface area contributed by atoms with Crippen molar-refractivity contribution in [3.63, 3.8) is 0 Å². The fraction of sp³-hybridized carbons (Fsp3) is 0.391. The number of hydrogen-bond donors (Lipinski definition) is 1. The first-order valence-electron chi connectivity index (χ1n) is 10.2. The largest absolute Gasteiger partial charge is 0.339 e. The summed E-state index contributed by atoms with van der Waals surface area (Å²) >= 11 is 0. The zero-order valence-corrected chi connectivity index (χ0v) is 16.4. The van der Waals surface area contributed by atoms with Gasteiger partial charge in [-0.2, -0.15) is 0 Å². The maximum absolute atomic E-state index is 13.0. The van der Waals surface area contributed by atoms with E-state index in [1.807, 2.05) is 40.1 Å². The summed E-state index contributed by atoms with van der Waals surface area (Å²) in [6.45, 7) is 4.48. The zero-order chi connectivity index (χ0) is 19.5. The molecule has 0 radical (unpaired) electrons. The van der Waals surface area contributed by atoms with Gasteiger partial charge >= 0.3 is 6.03 Å². The van der Waals surface area contributed by atoms with Crippen LogP contribution >= 0.6 is 0 Å². The lowest BCUT2D eigenvalue weighted by atomic mass is 9.99. The van der Waals surface area contributed by atoms with Crippen molar-refractivity contribution >= 4 is 17.6 Å². The average molecular weight is 377 g/mol. The van der Waals surface area contributed by atoms with E-state index in [1.165, 1.54) is 11.1 Å². The topological polar surface area (TPSA) is 52.7 Å². The fourth-order valence-corrected chi connectivity index (χ4v) is 4.32. The van der Waals surface area contributed by atoms with Gasteiger partial charge in [-0.05, 0) is 61.9 Å². The maximum Gasteiger partial charge on any atom is 0.322 e. The molecule has 0 saturated carbocycles. The predicted octanol–water partition coefficient (Wildman–Crippen LogP) is 4.60. The first-order valence-corrected chi connectivity index (χ1v) is 10.2. The van der Waals surface area contributed by atoms with Crippen molar-refractivity contribution < 1.29 is 9.59 Å². The van der Waals surface area contributed by atoms with Crippen LogP contribution in [0.1, 0.15) is 53.2 Å². The number of benzene rings is 2. The number of likely N-dealkylation sites (tertiary alicyclic amines) is 2. The smallest absolute Gasteiger partial charge is 0.322 e. The van der Waals surface area contributed by atoms with Gasteiger partial charge in [0.05, 0.1) is 6.04 Å². The van der Waals surface area contributed by atoms with E-state index >= 15 is 0 Å². The van der Waals surface area contributed by atoms with E-state index in [1.54, 1.807) is 6.07 Å².